The van der Waals surface area contributed by atoms with Crippen LogP contribution in [0.4, 0.5) is 0 Å². The van der Waals surface area contributed by atoms with Gasteiger partial charge in [0.15, 0.2) is 6.19 Å². The van der Waals surface area contributed by atoms with E-state index in [1.807, 2.05) is 13.2 Å². The fraction of sp³-hybridized carbons (Fsp3) is 0.824. The number of carbonyl (C=O) groups excluding carboxylic acids is 1. The molecule has 1 aliphatic heterocycles. The van der Waals surface area contributed by atoms with E-state index in [4.69, 9.17) is 5.26 Å². The third-order valence-electron chi connectivity index (χ3n) is 5.27. The molecule has 0 radical (unpaired) electrons. The molecule has 1 saturated heterocycles. The fourth-order valence-corrected chi connectivity index (χ4v) is 3.65. The summed E-state index contributed by atoms with van der Waals surface area (Å²) in [6.45, 7) is 1.60. The summed E-state index contributed by atoms with van der Waals surface area (Å²) in [5.41, 5.74) is -0.786. The van der Waals surface area contributed by atoms with E-state index in [0.717, 1.165) is 25.9 Å². The molecule has 2 rings (SSSR count). The molecule has 0 aromatic heterocycles. The number of rotatable bonds is 5. The molecule has 1 saturated carbocycles. The van der Waals surface area contributed by atoms with Crippen LogP contribution in [0.3, 0.4) is 0 Å². The van der Waals surface area contributed by atoms with Crippen molar-refractivity contribution in [1.29, 1.82) is 10.5 Å². The number of nitrogens with zero attached hydrogens (tertiary/aromatic N) is 3. The number of piperidine rings is 1. The first-order valence-corrected chi connectivity index (χ1v) is 8.65. The lowest BCUT2D eigenvalue weighted by Gasteiger charge is -2.37. The zero-order chi connectivity index (χ0) is 16.7. The van der Waals surface area contributed by atoms with E-state index in [1.54, 1.807) is 0 Å². The maximum atomic E-state index is 12.6. The predicted molar refractivity (Wildman–Crippen MR) is 86.9 cm³/mol. The highest BCUT2D eigenvalue weighted by atomic mass is 16.2. The van der Waals surface area contributed by atoms with Gasteiger partial charge in [0, 0.05) is 13.1 Å². The van der Waals surface area contributed by atoms with Gasteiger partial charge in [-0.3, -0.25) is 4.79 Å². The van der Waals surface area contributed by atoms with Crippen molar-refractivity contribution in [3.05, 3.63) is 0 Å². The highest BCUT2D eigenvalue weighted by Gasteiger charge is 2.37. The molecule has 1 atom stereocenters. The molecule has 6 heteroatoms. The van der Waals surface area contributed by atoms with Gasteiger partial charge in [-0.05, 0) is 32.2 Å². The maximum absolute atomic E-state index is 12.6. The van der Waals surface area contributed by atoms with Crippen LogP contribution in [0.2, 0.25) is 0 Å². The van der Waals surface area contributed by atoms with Gasteiger partial charge in [0.25, 0.3) is 0 Å². The first-order valence-electron chi connectivity index (χ1n) is 8.65. The number of hydrogen-bond acceptors (Lipinski definition) is 5. The number of likely N-dealkylation sites (tertiary alicyclic amines) is 1. The first kappa shape index (κ1) is 17.6. The van der Waals surface area contributed by atoms with E-state index in [9.17, 15) is 10.1 Å². The quantitative estimate of drug-likeness (QED) is 0.592. The molecule has 2 fully saturated rings. The molecule has 6 nitrogen and oxygen atoms in total. The third kappa shape index (κ3) is 4.84. The zero-order valence-corrected chi connectivity index (χ0v) is 14.0. The minimum Gasteiger partial charge on any atom is -0.336 e. The fourth-order valence-electron chi connectivity index (χ4n) is 3.65. The van der Waals surface area contributed by atoms with Gasteiger partial charge in [0.1, 0.15) is 11.6 Å². The Bertz CT molecular complexity index is 478. The molecule has 0 bridgehead atoms. The van der Waals surface area contributed by atoms with Crippen LogP contribution in [0.1, 0.15) is 51.4 Å². The average Bonchev–Trinajstić information content (AvgIpc) is 2.58. The molecule has 2 aliphatic rings. The molecule has 1 heterocycles. The third-order valence-corrected chi connectivity index (χ3v) is 5.27. The Hall–Kier alpha value is -1.79. The molecule has 0 aromatic carbocycles. The van der Waals surface area contributed by atoms with Crippen molar-refractivity contribution in [2.75, 3.05) is 20.1 Å². The second-order valence-corrected chi connectivity index (χ2v) is 7.03. The summed E-state index contributed by atoms with van der Waals surface area (Å²) in [5, 5.41) is 24.1. The molecule has 126 valence electrons. The lowest BCUT2D eigenvalue weighted by atomic mass is 9.84. The number of nitrogens with one attached hydrogen (secondary N) is 2. The Morgan fingerprint density at radius 3 is 2.48 bits per heavy atom. The van der Waals surface area contributed by atoms with Crippen LogP contribution in [0.5, 0.6) is 0 Å². The normalized spacial score (nSPS) is 23.3. The number of hydrogen-bond donors (Lipinski definition) is 2. The van der Waals surface area contributed by atoms with Gasteiger partial charge in [-0.25, -0.2) is 0 Å². The first-order chi connectivity index (χ1) is 11.1. The Morgan fingerprint density at radius 1 is 1.26 bits per heavy atom. The van der Waals surface area contributed by atoms with E-state index >= 15 is 0 Å². The lowest BCUT2D eigenvalue weighted by molar-refractivity contribution is -0.125. The van der Waals surface area contributed by atoms with Crippen LogP contribution in [0.25, 0.3) is 0 Å². The summed E-state index contributed by atoms with van der Waals surface area (Å²) < 4.78 is 0. The summed E-state index contributed by atoms with van der Waals surface area (Å²) in [4.78, 5) is 14.8. The molecule has 0 spiro atoms. The van der Waals surface area contributed by atoms with Crippen LogP contribution in [-0.2, 0) is 4.79 Å². The number of nitriles is 2. The molecule has 2 N–H and O–H groups in total. The molecule has 1 unspecified atom stereocenters. The van der Waals surface area contributed by atoms with Crippen LogP contribution < -0.4 is 10.6 Å². The van der Waals surface area contributed by atoms with E-state index < -0.39 is 11.6 Å². The summed E-state index contributed by atoms with van der Waals surface area (Å²) in [6, 6.07) is 1.78. The highest BCUT2D eigenvalue weighted by molar-refractivity contribution is 5.83. The van der Waals surface area contributed by atoms with Crippen molar-refractivity contribution in [2.24, 2.45) is 5.92 Å². The van der Waals surface area contributed by atoms with E-state index in [2.05, 4.69) is 21.6 Å². The Balaban J connectivity index is 1.96. The van der Waals surface area contributed by atoms with Gasteiger partial charge in [-0.15, -0.1) is 0 Å². The summed E-state index contributed by atoms with van der Waals surface area (Å²) in [7, 11) is 2.02. The van der Waals surface area contributed by atoms with Crippen LogP contribution in [0, 0.1) is 28.7 Å². The van der Waals surface area contributed by atoms with Crippen molar-refractivity contribution in [3.8, 4) is 12.3 Å². The summed E-state index contributed by atoms with van der Waals surface area (Å²) >= 11 is 0. The van der Waals surface area contributed by atoms with Gasteiger partial charge in [-0.1, -0.05) is 32.1 Å². The van der Waals surface area contributed by atoms with Crippen LogP contribution >= 0.6 is 0 Å². The second kappa shape index (κ2) is 8.17. The van der Waals surface area contributed by atoms with Crippen molar-refractivity contribution in [1.82, 2.24) is 15.5 Å². The topological polar surface area (TPSA) is 91.9 Å². The van der Waals surface area contributed by atoms with Gasteiger partial charge in [-0.2, -0.15) is 10.5 Å². The Morgan fingerprint density at radius 2 is 1.91 bits per heavy atom. The molecule has 1 amide bonds. The zero-order valence-electron chi connectivity index (χ0n) is 14.0. The van der Waals surface area contributed by atoms with Gasteiger partial charge in [0.05, 0.1) is 6.07 Å². The van der Waals surface area contributed by atoms with E-state index in [1.165, 1.54) is 19.3 Å². The van der Waals surface area contributed by atoms with Crippen LogP contribution in [0.15, 0.2) is 0 Å². The van der Waals surface area contributed by atoms with E-state index in [0.29, 0.717) is 25.2 Å². The lowest BCUT2D eigenvalue weighted by Crippen LogP contribution is -2.57. The number of amides is 1. The van der Waals surface area contributed by atoms with Crippen molar-refractivity contribution in [3.63, 3.8) is 0 Å². The standard InChI is InChI=1S/C17H27N5O/c1-22-9-7-17(12-18,8-10-22)21-16(23)15(20-13-19)11-14-5-3-2-4-6-14/h14-15,20H,2-11H2,1H3,(H,21,23). The van der Waals surface area contributed by atoms with Gasteiger partial charge in [0.2, 0.25) is 5.91 Å². The van der Waals surface area contributed by atoms with Crippen molar-refractivity contribution < 1.29 is 4.79 Å². The maximum Gasteiger partial charge on any atom is 0.244 e. The minimum atomic E-state index is -0.786. The molecule has 1 aliphatic carbocycles. The molecular formula is C17H27N5O. The predicted octanol–water partition coefficient (Wildman–Crippen LogP) is 1.50. The van der Waals surface area contributed by atoms with Crippen LogP contribution in [-0.4, -0.2) is 42.5 Å². The van der Waals surface area contributed by atoms with E-state index in [-0.39, 0.29) is 5.91 Å². The second-order valence-electron chi connectivity index (χ2n) is 7.03. The van der Waals surface area contributed by atoms with Crippen molar-refractivity contribution in [2.45, 2.75) is 62.9 Å². The van der Waals surface area contributed by atoms with Gasteiger partial charge >= 0.3 is 0 Å². The smallest absolute Gasteiger partial charge is 0.244 e. The average molecular weight is 317 g/mol. The summed E-state index contributed by atoms with van der Waals surface area (Å²) in [6.07, 6.45) is 9.80. The minimum absolute atomic E-state index is 0.205. The SMILES string of the molecule is CN1CCC(C#N)(NC(=O)C(CC2CCCCC2)NC#N)CC1. The van der Waals surface area contributed by atoms with Crippen molar-refractivity contribution >= 4 is 5.91 Å². The number of carbonyl (C=O) groups is 1. The largest absolute Gasteiger partial charge is 0.336 e. The Labute approximate surface area is 138 Å². The summed E-state index contributed by atoms with van der Waals surface area (Å²) in [5.74, 6) is 0.291. The molecule has 23 heavy (non-hydrogen) atoms. The highest BCUT2D eigenvalue weighted by Crippen LogP contribution is 2.28. The molecular weight excluding hydrogens is 290 g/mol. The molecule has 0 aromatic rings. The Kier molecular flexibility index (Phi) is 6.24. The monoisotopic (exact) mass is 317 g/mol. The van der Waals surface area contributed by atoms with Gasteiger partial charge < -0.3 is 15.5 Å².